The lowest BCUT2D eigenvalue weighted by Gasteiger charge is -2.24. The van der Waals surface area contributed by atoms with E-state index in [1.165, 1.54) is 12.1 Å². The van der Waals surface area contributed by atoms with E-state index in [0.29, 0.717) is 5.69 Å². The molecule has 0 N–H and O–H groups in total. The first-order chi connectivity index (χ1) is 13.0. The number of anilines is 1. The van der Waals surface area contributed by atoms with Gasteiger partial charge in [0.1, 0.15) is 11.7 Å². The summed E-state index contributed by atoms with van der Waals surface area (Å²) in [6.07, 6.45) is -0.331. The minimum atomic E-state index is -2.07. The number of ether oxygens (including phenoxy) is 1. The van der Waals surface area contributed by atoms with Crippen LogP contribution in [-0.2, 0) is 24.7 Å². The van der Waals surface area contributed by atoms with Crippen molar-refractivity contribution in [1.82, 2.24) is 0 Å². The highest BCUT2D eigenvalue weighted by Gasteiger charge is 2.63. The lowest BCUT2D eigenvalue weighted by atomic mass is 9.77. The number of carbonyl (C=O) groups is 3. The summed E-state index contributed by atoms with van der Waals surface area (Å²) < 4.78 is 18.1. The van der Waals surface area contributed by atoms with Crippen molar-refractivity contribution in [2.24, 2.45) is 5.92 Å². The van der Waals surface area contributed by atoms with Gasteiger partial charge in [0.15, 0.2) is 0 Å². The average Bonchev–Trinajstić information content (AvgIpc) is 2.99. The molecular weight excluding hydrogens is 351 g/mol. The van der Waals surface area contributed by atoms with Crippen LogP contribution in [-0.4, -0.2) is 24.9 Å². The SMILES string of the molecule is [C-]#[N+][C@@](C(=O)OC)(c1ccc(F)cc1)[C@H]1CC(=O)N(c2ccccc2)C1=O. The van der Waals surface area contributed by atoms with E-state index in [9.17, 15) is 18.8 Å². The Hall–Kier alpha value is -3.53. The maximum atomic E-state index is 13.3. The first kappa shape index (κ1) is 18.3. The first-order valence-corrected chi connectivity index (χ1v) is 8.10. The zero-order valence-corrected chi connectivity index (χ0v) is 14.4. The molecule has 0 radical (unpaired) electrons. The number of halogens is 1. The first-order valence-electron chi connectivity index (χ1n) is 8.10. The molecule has 1 fully saturated rings. The highest BCUT2D eigenvalue weighted by Crippen LogP contribution is 2.43. The van der Waals surface area contributed by atoms with Gasteiger partial charge in [-0.25, -0.2) is 15.8 Å². The second-order valence-corrected chi connectivity index (χ2v) is 6.04. The van der Waals surface area contributed by atoms with Crippen LogP contribution >= 0.6 is 0 Å². The topological polar surface area (TPSA) is 68.0 Å². The maximum absolute atomic E-state index is 13.3. The van der Waals surface area contributed by atoms with Crippen LogP contribution in [0.15, 0.2) is 54.6 Å². The van der Waals surface area contributed by atoms with Crippen molar-refractivity contribution in [3.63, 3.8) is 0 Å². The van der Waals surface area contributed by atoms with E-state index in [2.05, 4.69) is 4.85 Å². The molecule has 0 aliphatic carbocycles. The van der Waals surface area contributed by atoms with E-state index in [4.69, 9.17) is 11.3 Å². The van der Waals surface area contributed by atoms with Crippen LogP contribution in [0.1, 0.15) is 12.0 Å². The third kappa shape index (κ3) is 2.85. The second kappa shape index (κ2) is 7.00. The molecule has 0 aromatic heterocycles. The number of methoxy groups -OCH3 is 1. The minimum Gasteiger partial charge on any atom is -0.463 e. The predicted molar refractivity (Wildman–Crippen MR) is 93.7 cm³/mol. The summed E-state index contributed by atoms with van der Waals surface area (Å²) in [6, 6.07) is 13.0. The number of amides is 2. The predicted octanol–water partition coefficient (Wildman–Crippen LogP) is 2.69. The van der Waals surface area contributed by atoms with Crippen molar-refractivity contribution < 1.29 is 23.5 Å². The molecule has 27 heavy (non-hydrogen) atoms. The normalized spacial score (nSPS) is 18.7. The number of imide groups is 1. The molecule has 1 saturated heterocycles. The number of nitrogens with zero attached hydrogens (tertiary/aromatic N) is 2. The second-order valence-electron chi connectivity index (χ2n) is 6.04. The van der Waals surface area contributed by atoms with Gasteiger partial charge in [0, 0.05) is 12.0 Å². The van der Waals surface area contributed by atoms with E-state index in [1.54, 1.807) is 30.3 Å². The summed E-state index contributed by atoms with van der Waals surface area (Å²) in [5.74, 6) is -3.99. The fourth-order valence-electron chi connectivity index (χ4n) is 3.32. The highest BCUT2D eigenvalue weighted by atomic mass is 19.1. The molecular formula is C20H15FN2O4. The number of benzene rings is 2. The molecule has 1 aliphatic heterocycles. The third-order valence-corrected chi connectivity index (χ3v) is 4.62. The van der Waals surface area contributed by atoms with Crippen molar-refractivity contribution in [2.75, 3.05) is 12.0 Å². The van der Waals surface area contributed by atoms with Crippen LogP contribution in [0.3, 0.4) is 0 Å². The summed E-state index contributed by atoms with van der Waals surface area (Å²) in [5, 5.41) is 0. The van der Waals surface area contributed by atoms with E-state index >= 15 is 0 Å². The van der Waals surface area contributed by atoms with Gasteiger partial charge < -0.3 is 4.74 Å². The molecule has 7 heteroatoms. The minimum absolute atomic E-state index is 0.104. The van der Waals surface area contributed by atoms with E-state index in [1.807, 2.05) is 0 Å². The van der Waals surface area contributed by atoms with E-state index < -0.39 is 35.1 Å². The van der Waals surface area contributed by atoms with Crippen LogP contribution in [0, 0.1) is 18.3 Å². The van der Waals surface area contributed by atoms with Crippen LogP contribution in [0.25, 0.3) is 4.85 Å². The molecule has 0 bridgehead atoms. The Morgan fingerprint density at radius 3 is 2.37 bits per heavy atom. The average molecular weight is 366 g/mol. The summed E-state index contributed by atoms with van der Waals surface area (Å²) >= 11 is 0. The van der Waals surface area contributed by atoms with Gasteiger partial charge in [-0.15, -0.1) is 0 Å². The van der Waals surface area contributed by atoms with Gasteiger partial charge in [-0.3, -0.25) is 19.3 Å². The molecule has 136 valence electrons. The lowest BCUT2D eigenvalue weighted by Crippen LogP contribution is -2.45. The zero-order chi connectivity index (χ0) is 19.6. The molecule has 6 nitrogen and oxygen atoms in total. The summed E-state index contributed by atoms with van der Waals surface area (Å²) in [7, 11) is 1.10. The van der Waals surface area contributed by atoms with Gasteiger partial charge in [0.2, 0.25) is 11.8 Å². The quantitative estimate of drug-likeness (QED) is 0.474. The Kier molecular flexibility index (Phi) is 4.74. The standard InChI is InChI=1S/C20H15FN2O4/c1-22-20(19(26)27-2,13-8-10-14(21)11-9-13)16-12-17(24)23(18(16)25)15-6-4-3-5-7-15/h3-11,16H,12H2,2H3/t16-,20-/m0/s1. The Labute approximate surface area is 155 Å². The molecule has 2 atom stereocenters. The molecule has 3 rings (SSSR count). The van der Waals surface area contributed by atoms with Crippen molar-refractivity contribution in [2.45, 2.75) is 12.0 Å². The van der Waals surface area contributed by atoms with E-state index in [0.717, 1.165) is 24.1 Å². The Morgan fingerprint density at radius 2 is 1.81 bits per heavy atom. The van der Waals surface area contributed by atoms with Gasteiger partial charge in [-0.1, -0.05) is 18.2 Å². The number of para-hydroxylation sites is 1. The maximum Gasteiger partial charge on any atom is 0.399 e. The zero-order valence-electron chi connectivity index (χ0n) is 14.4. The van der Waals surface area contributed by atoms with Gasteiger partial charge in [0.25, 0.3) is 0 Å². The number of hydrogen-bond donors (Lipinski definition) is 0. The molecule has 0 spiro atoms. The Balaban J connectivity index is 2.12. The van der Waals surface area contributed by atoms with Crippen LogP contribution in [0.2, 0.25) is 0 Å². The van der Waals surface area contributed by atoms with Gasteiger partial charge in [0.05, 0.1) is 12.8 Å². The van der Waals surface area contributed by atoms with Crippen molar-refractivity contribution in [1.29, 1.82) is 0 Å². The van der Waals surface area contributed by atoms with Crippen LogP contribution in [0.5, 0.6) is 0 Å². The molecule has 1 heterocycles. The fraction of sp³-hybridized carbons (Fsp3) is 0.200. The largest absolute Gasteiger partial charge is 0.463 e. The monoisotopic (exact) mass is 366 g/mol. The Bertz CT molecular complexity index is 937. The fourth-order valence-corrected chi connectivity index (χ4v) is 3.32. The Morgan fingerprint density at radius 1 is 1.19 bits per heavy atom. The molecule has 0 saturated carbocycles. The van der Waals surface area contributed by atoms with Crippen molar-refractivity contribution >= 4 is 23.5 Å². The summed E-state index contributed by atoms with van der Waals surface area (Å²) in [6.45, 7) is 7.67. The highest BCUT2D eigenvalue weighted by molar-refractivity contribution is 6.22. The molecule has 0 unspecified atom stereocenters. The smallest absolute Gasteiger partial charge is 0.399 e. The molecule has 1 aliphatic rings. The molecule has 2 aromatic rings. The number of esters is 1. The van der Waals surface area contributed by atoms with E-state index in [-0.39, 0.29) is 12.0 Å². The van der Waals surface area contributed by atoms with Crippen LogP contribution in [0.4, 0.5) is 10.1 Å². The van der Waals surface area contributed by atoms with Gasteiger partial charge in [-0.05, 0) is 36.4 Å². The van der Waals surface area contributed by atoms with Crippen LogP contribution < -0.4 is 4.90 Å². The number of carbonyl (C=O) groups excluding carboxylic acids is 3. The number of hydrogen-bond acceptors (Lipinski definition) is 4. The molecule has 2 aromatic carbocycles. The summed E-state index contributed by atoms with van der Waals surface area (Å²) in [4.78, 5) is 42.6. The van der Waals surface area contributed by atoms with Crippen molar-refractivity contribution in [3.8, 4) is 0 Å². The van der Waals surface area contributed by atoms with Gasteiger partial charge >= 0.3 is 11.5 Å². The third-order valence-electron chi connectivity index (χ3n) is 4.62. The summed E-state index contributed by atoms with van der Waals surface area (Å²) in [5.41, 5.74) is -1.61. The van der Waals surface area contributed by atoms with Crippen molar-refractivity contribution in [3.05, 3.63) is 77.4 Å². The van der Waals surface area contributed by atoms with Gasteiger partial charge in [-0.2, -0.15) is 0 Å². The number of rotatable bonds is 4. The lowest BCUT2D eigenvalue weighted by molar-refractivity contribution is -0.149. The molecule has 2 amide bonds.